The zero-order valence-corrected chi connectivity index (χ0v) is 16.1. The Hall–Kier alpha value is -2.80. The maximum atomic E-state index is 12.5. The van der Waals surface area contributed by atoms with Crippen molar-refractivity contribution in [1.29, 1.82) is 0 Å². The molecule has 1 aliphatic rings. The van der Waals surface area contributed by atoms with E-state index < -0.39 is 0 Å². The molecular formula is C20H21ClN4O3. The molecule has 0 radical (unpaired) electrons. The molecule has 0 N–H and O–H groups in total. The van der Waals surface area contributed by atoms with Gasteiger partial charge in [-0.1, -0.05) is 29.8 Å². The highest BCUT2D eigenvalue weighted by atomic mass is 35.5. The lowest BCUT2D eigenvalue weighted by molar-refractivity contribution is -0.131. The molecule has 2 aromatic heterocycles. The van der Waals surface area contributed by atoms with Gasteiger partial charge >= 0.3 is 5.76 Å². The van der Waals surface area contributed by atoms with E-state index in [4.69, 9.17) is 16.0 Å². The highest BCUT2D eigenvalue weighted by Crippen LogP contribution is 2.17. The fourth-order valence-electron chi connectivity index (χ4n) is 3.53. The average molecular weight is 401 g/mol. The maximum Gasteiger partial charge on any atom is 0.419 e. The van der Waals surface area contributed by atoms with Crippen molar-refractivity contribution in [3.8, 4) is 0 Å². The molecule has 3 aromatic rings. The molecule has 1 aromatic carbocycles. The second kappa shape index (κ2) is 8.06. The van der Waals surface area contributed by atoms with Crippen molar-refractivity contribution in [2.24, 2.45) is 0 Å². The summed E-state index contributed by atoms with van der Waals surface area (Å²) in [6.07, 6.45) is 1.000. The smallest absolute Gasteiger partial charge is 0.408 e. The summed E-state index contributed by atoms with van der Waals surface area (Å²) in [6, 6.07) is 12.9. The molecule has 1 fully saturated rings. The van der Waals surface area contributed by atoms with E-state index in [0.717, 1.165) is 24.4 Å². The molecule has 146 valence electrons. The third-order valence-corrected chi connectivity index (χ3v) is 5.21. The van der Waals surface area contributed by atoms with Crippen molar-refractivity contribution in [2.45, 2.75) is 19.4 Å². The summed E-state index contributed by atoms with van der Waals surface area (Å²) in [5.41, 5.74) is 1.34. The summed E-state index contributed by atoms with van der Waals surface area (Å²) in [7, 11) is 0. The number of para-hydroxylation sites is 2. The van der Waals surface area contributed by atoms with Crippen LogP contribution in [0.4, 0.5) is 5.82 Å². The van der Waals surface area contributed by atoms with Crippen LogP contribution in [0.1, 0.15) is 12.8 Å². The van der Waals surface area contributed by atoms with Gasteiger partial charge in [0.15, 0.2) is 5.58 Å². The number of rotatable bonds is 5. The minimum absolute atomic E-state index is 0.111. The van der Waals surface area contributed by atoms with Crippen molar-refractivity contribution in [2.75, 3.05) is 31.1 Å². The Morgan fingerprint density at radius 1 is 1.07 bits per heavy atom. The van der Waals surface area contributed by atoms with Crippen LogP contribution in [0.3, 0.4) is 0 Å². The third kappa shape index (κ3) is 3.89. The first-order valence-corrected chi connectivity index (χ1v) is 9.73. The van der Waals surface area contributed by atoms with Crippen molar-refractivity contribution < 1.29 is 9.21 Å². The Morgan fingerprint density at radius 2 is 1.86 bits per heavy atom. The van der Waals surface area contributed by atoms with E-state index in [-0.39, 0.29) is 11.7 Å². The van der Waals surface area contributed by atoms with E-state index in [1.807, 2.05) is 35.2 Å². The topological polar surface area (TPSA) is 71.6 Å². The zero-order chi connectivity index (χ0) is 19.5. The number of benzene rings is 1. The quantitative estimate of drug-likeness (QED) is 0.616. The summed E-state index contributed by atoms with van der Waals surface area (Å²) >= 11 is 5.96. The normalized spacial score (nSPS) is 14.6. The van der Waals surface area contributed by atoms with Gasteiger partial charge in [-0.15, -0.1) is 0 Å². The molecule has 8 heteroatoms. The van der Waals surface area contributed by atoms with Gasteiger partial charge in [0.1, 0.15) is 11.0 Å². The largest absolute Gasteiger partial charge is 0.419 e. The Labute approximate surface area is 167 Å². The number of oxazole rings is 1. The lowest BCUT2D eigenvalue weighted by atomic mass is 10.2. The van der Waals surface area contributed by atoms with Gasteiger partial charge in [-0.2, -0.15) is 0 Å². The van der Waals surface area contributed by atoms with Crippen LogP contribution < -0.4 is 10.7 Å². The molecule has 0 bridgehead atoms. The zero-order valence-electron chi connectivity index (χ0n) is 15.4. The minimum Gasteiger partial charge on any atom is -0.408 e. The van der Waals surface area contributed by atoms with Gasteiger partial charge in [-0.05, 0) is 30.7 Å². The van der Waals surface area contributed by atoms with Gasteiger partial charge < -0.3 is 14.2 Å². The Balaban J connectivity index is 1.29. The molecule has 3 heterocycles. The van der Waals surface area contributed by atoms with Gasteiger partial charge in [0.05, 0.1) is 5.52 Å². The number of nitrogens with zero attached hydrogens (tertiary/aromatic N) is 4. The summed E-state index contributed by atoms with van der Waals surface area (Å²) < 4.78 is 6.81. The number of piperazine rings is 1. The summed E-state index contributed by atoms with van der Waals surface area (Å²) in [5.74, 6) is 0.571. The van der Waals surface area contributed by atoms with Gasteiger partial charge in [0.25, 0.3) is 0 Å². The molecule has 0 spiro atoms. The van der Waals surface area contributed by atoms with Gasteiger partial charge in [-0.25, -0.2) is 9.78 Å². The molecule has 0 aliphatic carbocycles. The molecule has 7 nitrogen and oxygen atoms in total. The van der Waals surface area contributed by atoms with E-state index in [0.29, 0.717) is 43.2 Å². The predicted octanol–water partition coefficient (Wildman–Crippen LogP) is 2.77. The van der Waals surface area contributed by atoms with Crippen LogP contribution in [-0.4, -0.2) is 46.5 Å². The first-order valence-electron chi connectivity index (χ1n) is 9.35. The van der Waals surface area contributed by atoms with Crippen molar-refractivity contribution in [3.63, 3.8) is 0 Å². The number of anilines is 1. The van der Waals surface area contributed by atoms with E-state index in [1.165, 1.54) is 0 Å². The van der Waals surface area contributed by atoms with Crippen LogP contribution in [0.5, 0.6) is 0 Å². The molecule has 0 saturated carbocycles. The molecule has 4 rings (SSSR count). The Bertz CT molecular complexity index is 1040. The number of pyridine rings is 1. The standard InChI is InChI=1S/C20H21ClN4O3/c21-17-7-3-8-18(22-17)23-11-13-24(14-12-23)19(26)9-4-10-25-15-5-1-2-6-16(15)28-20(25)27/h1-3,5-8H,4,9-14H2. The molecule has 1 saturated heterocycles. The SMILES string of the molecule is O=C(CCCn1c(=O)oc2ccccc21)N1CCN(c2cccc(Cl)n2)CC1. The van der Waals surface area contributed by atoms with Gasteiger partial charge in [-0.3, -0.25) is 9.36 Å². The van der Waals surface area contributed by atoms with Crippen LogP contribution >= 0.6 is 11.6 Å². The molecule has 0 atom stereocenters. The van der Waals surface area contributed by atoms with Crippen molar-refractivity contribution in [1.82, 2.24) is 14.5 Å². The number of amides is 1. The number of fused-ring (bicyclic) bond motifs is 1. The van der Waals surface area contributed by atoms with E-state index in [1.54, 1.807) is 16.7 Å². The number of aromatic nitrogens is 2. The maximum absolute atomic E-state index is 12.5. The Morgan fingerprint density at radius 3 is 2.64 bits per heavy atom. The number of carbonyl (C=O) groups is 1. The van der Waals surface area contributed by atoms with Crippen molar-refractivity contribution >= 4 is 34.4 Å². The first-order chi connectivity index (χ1) is 13.6. The van der Waals surface area contributed by atoms with E-state index in [9.17, 15) is 9.59 Å². The summed E-state index contributed by atoms with van der Waals surface area (Å²) in [4.78, 5) is 32.9. The Kier molecular flexibility index (Phi) is 5.34. The van der Waals surface area contributed by atoms with Crippen LogP contribution in [-0.2, 0) is 11.3 Å². The molecule has 1 aliphatic heterocycles. The number of aryl methyl sites for hydroxylation is 1. The fraction of sp³-hybridized carbons (Fsp3) is 0.350. The predicted molar refractivity (Wildman–Crippen MR) is 108 cm³/mol. The number of hydrogen-bond acceptors (Lipinski definition) is 5. The monoisotopic (exact) mass is 400 g/mol. The minimum atomic E-state index is -0.378. The number of halogens is 1. The highest BCUT2D eigenvalue weighted by Gasteiger charge is 2.22. The lowest BCUT2D eigenvalue weighted by Gasteiger charge is -2.35. The second-order valence-corrected chi connectivity index (χ2v) is 7.16. The number of hydrogen-bond donors (Lipinski definition) is 0. The second-order valence-electron chi connectivity index (χ2n) is 6.78. The fourth-order valence-corrected chi connectivity index (χ4v) is 3.69. The lowest BCUT2D eigenvalue weighted by Crippen LogP contribution is -2.49. The molecule has 0 unspecified atom stereocenters. The van der Waals surface area contributed by atoms with Crippen molar-refractivity contribution in [3.05, 3.63) is 58.2 Å². The van der Waals surface area contributed by atoms with Crippen LogP contribution in [0.2, 0.25) is 5.15 Å². The van der Waals surface area contributed by atoms with E-state index in [2.05, 4.69) is 9.88 Å². The third-order valence-electron chi connectivity index (χ3n) is 5.00. The first kappa shape index (κ1) is 18.6. The van der Waals surface area contributed by atoms with Crippen LogP contribution in [0.15, 0.2) is 51.7 Å². The molecule has 1 amide bonds. The van der Waals surface area contributed by atoms with Crippen LogP contribution in [0, 0.1) is 0 Å². The van der Waals surface area contributed by atoms with Gasteiger partial charge in [0.2, 0.25) is 5.91 Å². The summed E-state index contributed by atoms with van der Waals surface area (Å²) in [5, 5.41) is 0.470. The van der Waals surface area contributed by atoms with Crippen LogP contribution in [0.25, 0.3) is 11.1 Å². The average Bonchev–Trinajstić information content (AvgIpc) is 3.03. The summed E-state index contributed by atoms with van der Waals surface area (Å²) in [6.45, 7) is 3.23. The highest BCUT2D eigenvalue weighted by molar-refractivity contribution is 6.29. The molecule has 28 heavy (non-hydrogen) atoms. The van der Waals surface area contributed by atoms with Gasteiger partial charge in [0, 0.05) is 39.1 Å². The van der Waals surface area contributed by atoms with E-state index >= 15 is 0 Å². The molecular weight excluding hydrogens is 380 g/mol. The number of carbonyl (C=O) groups excluding carboxylic acids is 1.